The quantitative estimate of drug-likeness (QED) is 0.132. The van der Waals surface area contributed by atoms with E-state index < -0.39 is 0 Å². The number of hydrogen-bond acceptors (Lipinski definition) is 3. The van der Waals surface area contributed by atoms with E-state index in [0.29, 0.717) is 17.2 Å². The summed E-state index contributed by atoms with van der Waals surface area (Å²) in [5, 5.41) is 0. The molecule has 0 spiro atoms. The molecule has 188 valence electrons. The van der Waals surface area contributed by atoms with Gasteiger partial charge in [0.1, 0.15) is 5.75 Å². The highest BCUT2D eigenvalue weighted by Gasteiger charge is 2.12. The first kappa shape index (κ1) is 28.1. The summed E-state index contributed by atoms with van der Waals surface area (Å²) in [5.74, 6) is 0.834. The predicted molar refractivity (Wildman–Crippen MR) is 143 cm³/mol. The lowest BCUT2D eigenvalue weighted by Gasteiger charge is -2.15. The number of rotatable bonds is 17. The molecule has 0 amide bonds. The largest absolute Gasteiger partial charge is 0.423 e. The Hall–Kier alpha value is -2.13. The van der Waals surface area contributed by atoms with Gasteiger partial charge in [0, 0.05) is 6.61 Å². The lowest BCUT2D eigenvalue weighted by atomic mass is 9.92. The number of unbranched alkanes of at least 4 members (excludes halogenated alkanes) is 7. The fourth-order valence-electron chi connectivity index (χ4n) is 4.41. The standard InChI is InChI=1S/C31H46O3/c1-5-8-9-10-11-12-13-14-24-33-25(4)27-16-18-29(19-17-27)31(32)34-30-22-20-28(21-23-30)26(7-3)15-6-2/h16-23,25-26H,5-15,24H2,1-4H3. The number of ether oxygens (including phenoxy) is 2. The lowest BCUT2D eigenvalue weighted by molar-refractivity contribution is 0.0626. The van der Waals surface area contributed by atoms with Crippen LogP contribution < -0.4 is 4.74 Å². The van der Waals surface area contributed by atoms with E-state index in [-0.39, 0.29) is 12.1 Å². The molecule has 0 aromatic heterocycles. The Morgan fingerprint density at radius 2 is 1.32 bits per heavy atom. The van der Waals surface area contributed by atoms with Gasteiger partial charge >= 0.3 is 5.97 Å². The lowest BCUT2D eigenvalue weighted by Crippen LogP contribution is -2.09. The van der Waals surface area contributed by atoms with Gasteiger partial charge in [-0.15, -0.1) is 0 Å². The van der Waals surface area contributed by atoms with Gasteiger partial charge in [0.05, 0.1) is 11.7 Å². The van der Waals surface area contributed by atoms with Crippen molar-refractivity contribution in [1.82, 2.24) is 0 Å². The second-order valence-electron chi connectivity index (χ2n) is 9.46. The molecule has 0 aliphatic heterocycles. The van der Waals surface area contributed by atoms with Gasteiger partial charge in [-0.25, -0.2) is 4.79 Å². The summed E-state index contributed by atoms with van der Waals surface area (Å²) in [6.07, 6.45) is 13.9. The SMILES string of the molecule is CCCCCCCCCCOC(C)c1ccc(C(=O)Oc2ccc(C(CC)CCC)cc2)cc1. The Labute approximate surface area is 208 Å². The molecule has 0 radical (unpaired) electrons. The van der Waals surface area contributed by atoms with Gasteiger partial charge in [-0.2, -0.15) is 0 Å². The zero-order valence-corrected chi connectivity index (χ0v) is 22.0. The molecule has 0 aliphatic rings. The minimum atomic E-state index is -0.326. The van der Waals surface area contributed by atoms with Crippen LogP contribution in [0.3, 0.4) is 0 Å². The van der Waals surface area contributed by atoms with E-state index in [1.165, 1.54) is 63.4 Å². The molecule has 3 heteroatoms. The summed E-state index contributed by atoms with van der Waals surface area (Å²) >= 11 is 0. The second kappa shape index (κ2) is 16.5. The van der Waals surface area contributed by atoms with Crippen molar-refractivity contribution in [2.45, 2.75) is 110 Å². The number of hydrogen-bond donors (Lipinski definition) is 0. The Morgan fingerprint density at radius 3 is 1.91 bits per heavy atom. The first-order chi connectivity index (χ1) is 16.6. The molecular weight excluding hydrogens is 420 g/mol. The van der Waals surface area contributed by atoms with E-state index in [9.17, 15) is 4.79 Å². The van der Waals surface area contributed by atoms with Crippen molar-refractivity contribution in [3.63, 3.8) is 0 Å². The average molecular weight is 467 g/mol. The van der Waals surface area contributed by atoms with Crippen LogP contribution in [0.1, 0.15) is 132 Å². The number of benzene rings is 2. The van der Waals surface area contributed by atoms with Crippen LogP contribution in [0.2, 0.25) is 0 Å². The fraction of sp³-hybridized carbons (Fsp3) is 0.581. The van der Waals surface area contributed by atoms with Gasteiger partial charge in [0.25, 0.3) is 0 Å². The minimum absolute atomic E-state index is 0.0248. The highest BCUT2D eigenvalue weighted by Crippen LogP contribution is 2.27. The molecule has 3 nitrogen and oxygen atoms in total. The molecule has 2 atom stereocenters. The van der Waals surface area contributed by atoms with Crippen molar-refractivity contribution in [1.29, 1.82) is 0 Å². The predicted octanol–water partition coefficient (Wildman–Crippen LogP) is 9.42. The van der Waals surface area contributed by atoms with Gasteiger partial charge in [-0.3, -0.25) is 0 Å². The topological polar surface area (TPSA) is 35.5 Å². The summed E-state index contributed by atoms with van der Waals surface area (Å²) in [5.41, 5.74) is 2.96. The Balaban J connectivity index is 1.74. The van der Waals surface area contributed by atoms with E-state index in [1.807, 2.05) is 36.4 Å². The zero-order valence-electron chi connectivity index (χ0n) is 22.0. The van der Waals surface area contributed by atoms with E-state index in [2.05, 4.69) is 39.8 Å². The third-order valence-corrected chi connectivity index (χ3v) is 6.67. The fourth-order valence-corrected chi connectivity index (χ4v) is 4.41. The molecule has 0 saturated heterocycles. The maximum absolute atomic E-state index is 12.6. The van der Waals surface area contributed by atoms with Crippen LogP contribution in [0.15, 0.2) is 48.5 Å². The number of carbonyl (C=O) groups excluding carboxylic acids is 1. The van der Waals surface area contributed by atoms with Crippen molar-refractivity contribution < 1.29 is 14.3 Å². The van der Waals surface area contributed by atoms with Gasteiger partial charge in [-0.1, -0.05) is 96.4 Å². The summed E-state index contributed by atoms with van der Waals surface area (Å²) in [4.78, 5) is 12.6. The zero-order chi connectivity index (χ0) is 24.6. The van der Waals surface area contributed by atoms with Crippen molar-refractivity contribution in [2.75, 3.05) is 6.61 Å². The van der Waals surface area contributed by atoms with Crippen LogP contribution >= 0.6 is 0 Å². The molecule has 0 fully saturated rings. The summed E-state index contributed by atoms with van der Waals surface area (Å²) in [6, 6.07) is 15.6. The third-order valence-electron chi connectivity index (χ3n) is 6.67. The molecule has 2 aromatic carbocycles. The molecule has 0 aliphatic carbocycles. The number of esters is 1. The second-order valence-corrected chi connectivity index (χ2v) is 9.46. The minimum Gasteiger partial charge on any atom is -0.423 e. The Bertz CT molecular complexity index is 794. The van der Waals surface area contributed by atoms with Crippen molar-refractivity contribution in [3.05, 3.63) is 65.2 Å². The van der Waals surface area contributed by atoms with E-state index >= 15 is 0 Å². The summed E-state index contributed by atoms with van der Waals surface area (Å²) in [6.45, 7) is 9.55. The molecule has 2 rings (SSSR count). The molecule has 0 heterocycles. The smallest absolute Gasteiger partial charge is 0.343 e. The normalized spacial score (nSPS) is 12.9. The average Bonchev–Trinajstić information content (AvgIpc) is 2.86. The molecular formula is C31H46O3. The van der Waals surface area contributed by atoms with Gasteiger partial charge in [-0.05, 0) is 67.5 Å². The highest BCUT2D eigenvalue weighted by molar-refractivity contribution is 5.91. The third kappa shape index (κ3) is 10.0. The van der Waals surface area contributed by atoms with Gasteiger partial charge in [0.2, 0.25) is 0 Å². The van der Waals surface area contributed by atoms with Crippen molar-refractivity contribution in [2.24, 2.45) is 0 Å². The van der Waals surface area contributed by atoms with Crippen LogP contribution in [0, 0.1) is 0 Å². The molecule has 0 bridgehead atoms. The highest BCUT2D eigenvalue weighted by atomic mass is 16.5. The van der Waals surface area contributed by atoms with Crippen LogP contribution in [-0.2, 0) is 4.74 Å². The van der Waals surface area contributed by atoms with Crippen LogP contribution in [0.25, 0.3) is 0 Å². The molecule has 2 aromatic rings. The Kier molecular flexibility index (Phi) is 13.6. The van der Waals surface area contributed by atoms with Gasteiger partial charge < -0.3 is 9.47 Å². The van der Waals surface area contributed by atoms with Crippen LogP contribution in [0.5, 0.6) is 5.75 Å². The van der Waals surface area contributed by atoms with E-state index in [1.54, 1.807) is 0 Å². The number of carbonyl (C=O) groups is 1. The van der Waals surface area contributed by atoms with Crippen molar-refractivity contribution in [3.8, 4) is 5.75 Å². The summed E-state index contributed by atoms with van der Waals surface area (Å²) in [7, 11) is 0. The first-order valence-electron chi connectivity index (χ1n) is 13.6. The molecule has 0 N–H and O–H groups in total. The Morgan fingerprint density at radius 1 is 0.735 bits per heavy atom. The molecule has 34 heavy (non-hydrogen) atoms. The van der Waals surface area contributed by atoms with E-state index in [0.717, 1.165) is 25.0 Å². The van der Waals surface area contributed by atoms with Crippen LogP contribution in [0.4, 0.5) is 0 Å². The summed E-state index contributed by atoms with van der Waals surface area (Å²) < 4.78 is 11.6. The maximum Gasteiger partial charge on any atom is 0.343 e. The molecule has 0 saturated carbocycles. The van der Waals surface area contributed by atoms with E-state index in [4.69, 9.17) is 9.47 Å². The monoisotopic (exact) mass is 466 g/mol. The maximum atomic E-state index is 12.6. The van der Waals surface area contributed by atoms with Crippen molar-refractivity contribution >= 4 is 5.97 Å². The molecule has 2 unspecified atom stereocenters. The first-order valence-corrected chi connectivity index (χ1v) is 13.6. The van der Waals surface area contributed by atoms with Gasteiger partial charge in [0.15, 0.2) is 0 Å². The van der Waals surface area contributed by atoms with Crippen LogP contribution in [-0.4, -0.2) is 12.6 Å².